The maximum absolute atomic E-state index is 10.4. The van der Waals surface area contributed by atoms with Crippen LogP contribution in [0.3, 0.4) is 0 Å². The van der Waals surface area contributed by atoms with Crippen molar-refractivity contribution in [2.45, 2.75) is 0 Å². The highest BCUT2D eigenvalue weighted by Crippen LogP contribution is 2.04. The summed E-state index contributed by atoms with van der Waals surface area (Å²) in [6, 6.07) is 0. The van der Waals surface area contributed by atoms with E-state index in [2.05, 4.69) is 17.6 Å². The van der Waals surface area contributed by atoms with Gasteiger partial charge in [-0.15, -0.1) is 5.73 Å². The molecule has 42 valence electrons. The SMILES string of the molecule is C=C=CC1CNC1=O. The Bertz CT molecular complexity index is 154. The topological polar surface area (TPSA) is 29.1 Å². The van der Waals surface area contributed by atoms with Gasteiger partial charge in [0, 0.05) is 6.54 Å². The molecule has 0 aromatic rings. The summed E-state index contributed by atoms with van der Waals surface area (Å²) in [7, 11) is 0. The lowest BCUT2D eigenvalue weighted by Gasteiger charge is -2.21. The van der Waals surface area contributed by atoms with Crippen LogP contribution >= 0.6 is 0 Å². The molecule has 1 aliphatic heterocycles. The first kappa shape index (κ1) is 5.13. The molecule has 0 spiro atoms. The van der Waals surface area contributed by atoms with Crippen LogP contribution in [0.25, 0.3) is 0 Å². The Labute approximate surface area is 47.9 Å². The molecule has 2 nitrogen and oxygen atoms in total. The molecule has 1 atom stereocenters. The van der Waals surface area contributed by atoms with Crippen molar-refractivity contribution in [1.29, 1.82) is 0 Å². The number of carbonyl (C=O) groups is 1. The maximum atomic E-state index is 10.4. The zero-order valence-corrected chi connectivity index (χ0v) is 4.48. The monoisotopic (exact) mass is 109 g/mol. The van der Waals surface area contributed by atoms with Crippen molar-refractivity contribution in [2.75, 3.05) is 6.54 Å². The standard InChI is InChI=1S/C6H7NO/c1-2-3-5-4-7-6(5)8/h3,5H,1,4H2,(H,7,8). The van der Waals surface area contributed by atoms with Gasteiger partial charge in [0.05, 0.1) is 5.92 Å². The van der Waals surface area contributed by atoms with Gasteiger partial charge >= 0.3 is 0 Å². The Morgan fingerprint density at radius 2 is 2.75 bits per heavy atom. The van der Waals surface area contributed by atoms with Crippen molar-refractivity contribution >= 4 is 5.91 Å². The van der Waals surface area contributed by atoms with Gasteiger partial charge in [0.25, 0.3) is 0 Å². The number of amides is 1. The van der Waals surface area contributed by atoms with E-state index >= 15 is 0 Å². The summed E-state index contributed by atoms with van der Waals surface area (Å²) in [5.41, 5.74) is 2.56. The predicted octanol–water partition coefficient (Wildman–Crippen LogP) is 0.0735. The molecule has 1 unspecified atom stereocenters. The highest BCUT2D eigenvalue weighted by atomic mass is 16.2. The highest BCUT2D eigenvalue weighted by Gasteiger charge is 2.23. The lowest BCUT2D eigenvalue weighted by molar-refractivity contribution is -0.129. The van der Waals surface area contributed by atoms with Crippen LogP contribution < -0.4 is 5.32 Å². The molecular formula is C6H7NO. The third kappa shape index (κ3) is 0.658. The molecule has 0 aromatic carbocycles. The van der Waals surface area contributed by atoms with Gasteiger partial charge in [0.15, 0.2) is 0 Å². The molecule has 0 saturated carbocycles. The predicted molar refractivity (Wildman–Crippen MR) is 30.2 cm³/mol. The first-order valence-electron chi connectivity index (χ1n) is 2.48. The number of hydrogen-bond donors (Lipinski definition) is 1. The largest absolute Gasteiger partial charge is 0.354 e. The van der Waals surface area contributed by atoms with Crippen LogP contribution in [-0.4, -0.2) is 12.5 Å². The minimum absolute atomic E-state index is 0.0486. The number of β-lactam (4-membered cyclic amide) rings is 1. The lowest BCUT2D eigenvalue weighted by Crippen LogP contribution is -2.47. The Morgan fingerprint density at radius 3 is 2.88 bits per heavy atom. The van der Waals surface area contributed by atoms with Crippen LogP contribution in [-0.2, 0) is 4.79 Å². The van der Waals surface area contributed by atoms with E-state index in [0.717, 1.165) is 6.54 Å². The number of rotatable bonds is 1. The van der Waals surface area contributed by atoms with E-state index in [-0.39, 0.29) is 11.8 Å². The van der Waals surface area contributed by atoms with E-state index in [1.54, 1.807) is 6.08 Å². The van der Waals surface area contributed by atoms with Crippen molar-refractivity contribution in [3.05, 3.63) is 18.4 Å². The molecule has 1 fully saturated rings. The van der Waals surface area contributed by atoms with E-state index in [0.29, 0.717) is 0 Å². The van der Waals surface area contributed by atoms with Gasteiger partial charge in [-0.2, -0.15) is 0 Å². The molecule has 1 aliphatic rings. The van der Waals surface area contributed by atoms with Gasteiger partial charge in [-0.05, 0) is 6.08 Å². The van der Waals surface area contributed by atoms with Gasteiger partial charge < -0.3 is 5.32 Å². The van der Waals surface area contributed by atoms with Crippen molar-refractivity contribution in [3.63, 3.8) is 0 Å². The highest BCUT2D eigenvalue weighted by molar-refractivity contribution is 5.86. The number of carbonyl (C=O) groups excluding carboxylic acids is 1. The minimum atomic E-state index is 0.0486. The molecule has 2 heteroatoms. The van der Waals surface area contributed by atoms with Gasteiger partial charge in [0.2, 0.25) is 5.91 Å². The second-order valence-corrected chi connectivity index (χ2v) is 1.72. The molecular weight excluding hydrogens is 102 g/mol. The summed E-state index contributed by atoms with van der Waals surface area (Å²) < 4.78 is 0. The van der Waals surface area contributed by atoms with Crippen LogP contribution in [0.1, 0.15) is 0 Å². The molecule has 1 amide bonds. The van der Waals surface area contributed by atoms with Gasteiger partial charge in [-0.1, -0.05) is 6.58 Å². The van der Waals surface area contributed by atoms with E-state index in [4.69, 9.17) is 0 Å². The molecule has 0 radical (unpaired) electrons. The molecule has 1 rings (SSSR count). The fourth-order valence-corrected chi connectivity index (χ4v) is 0.580. The summed E-state index contributed by atoms with van der Waals surface area (Å²) in [5.74, 6) is 0.133. The van der Waals surface area contributed by atoms with Gasteiger partial charge in [0.1, 0.15) is 0 Å². The minimum Gasteiger partial charge on any atom is -0.354 e. The third-order valence-electron chi connectivity index (χ3n) is 1.15. The third-order valence-corrected chi connectivity index (χ3v) is 1.15. The average Bonchev–Trinajstić information content (AvgIpc) is 1.79. The second kappa shape index (κ2) is 1.85. The fraction of sp³-hybridized carbons (Fsp3) is 0.333. The molecule has 1 heterocycles. The molecule has 0 aromatic heterocycles. The molecule has 8 heavy (non-hydrogen) atoms. The van der Waals surface area contributed by atoms with Gasteiger partial charge in [-0.25, -0.2) is 0 Å². The van der Waals surface area contributed by atoms with Crippen LogP contribution in [0, 0.1) is 5.92 Å². The average molecular weight is 109 g/mol. The molecule has 0 bridgehead atoms. The van der Waals surface area contributed by atoms with Gasteiger partial charge in [-0.3, -0.25) is 4.79 Å². The Balaban J connectivity index is 2.49. The van der Waals surface area contributed by atoms with E-state index < -0.39 is 0 Å². The fourth-order valence-electron chi connectivity index (χ4n) is 0.580. The molecule has 1 saturated heterocycles. The number of hydrogen-bond acceptors (Lipinski definition) is 1. The van der Waals surface area contributed by atoms with E-state index in [1.165, 1.54) is 0 Å². The summed E-state index contributed by atoms with van der Waals surface area (Å²) >= 11 is 0. The summed E-state index contributed by atoms with van der Waals surface area (Å²) in [5, 5.41) is 2.61. The number of nitrogens with one attached hydrogen (secondary N) is 1. The van der Waals surface area contributed by atoms with Crippen molar-refractivity contribution < 1.29 is 4.79 Å². The van der Waals surface area contributed by atoms with Crippen LogP contribution in [0.15, 0.2) is 18.4 Å². The summed E-state index contributed by atoms with van der Waals surface area (Å²) in [4.78, 5) is 10.4. The normalized spacial score (nSPS) is 25.0. The lowest BCUT2D eigenvalue weighted by atomic mass is 10.0. The molecule has 0 aliphatic carbocycles. The summed E-state index contributed by atoms with van der Waals surface area (Å²) in [6.07, 6.45) is 1.68. The van der Waals surface area contributed by atoms with Crippen molar-refractivity contribution in [3.8, 4) is 0 Å². The van der Waals surface area contributed by atoms with E-state index in [1.807, 2.05) is 0 Å². The summed E-state index contributed by atoms with van der Waals surface area (Å²) in [6.45, 7) is 4.11. The Morgan fingerprint density at radius 1 is 2.00 bits per heavy atom. The zero-order valence-electron chi connectivity index (χ0n) is 4.48. The van der Waals surface area contributed by atoms with Crippen LogP contribution in [0.4, 0.5) is 0 Å². The van der Waals surface area contributed by atoms with Crippen LogP contribution in [0.2, 0.25) is 0 Å². The Hall–Kier alpha value is -1.01. The first-order valence-corrected chi connectivity index (χ1v) is 2.48. The maximum Gasteiger partial charge on any atom is 0.229 e. The van der Waals surface area contributed by atoms with E-state index in [9.17, 15) is 4.79 Å². The second-order valence-electron chi connectivity index (χ2n) is 1.72. The molecule has 1 N–H and O–H groups in total. The van der Waals surface area contributed by atoms with Crippen molar-refractivity contribution in [2.24, 2.45) is 5.92 Å². The zero-order chi connectivity index (χ0) is 5.98. The Kier molecular flexibility index (Phi) is 1.18. The quantitative estimate of drug-likeness (QED) is 0.375. The first-order chi connectivity index (χ1) is 3.84. The van der Waals surface area contributed by atoms with Crippen molar-refractivity contribution in [1.82, 2.24) is 5.32 Å². The smallest absolute Gasteiger partial charge is 0.229 e. The van der Waals surface area contributed by atoms with Crippen LogP contribution in [0.5, 0.6) is 0 Å².